The highest BCUT2D eigenvalue weighted by molar-refractivity contribution is 7.16. The fourth-order valence-electron chi connectivity index (χ4n) is 1.64. The Balaban J connectivity index is 2.29. The first kappa shape index (κ1) is 7.63. The second-order valence-corrected chi connectivity index (χ2v) is 4.33. The zero-order valence-electron chi connectivity index (χ0n) is 6.71. The van der Waals surface area contributed by atoms with Gasteiger partial charge in [-0.05, 0) is 30.9 Å². The Morgan fingerprint density at radius 3 is 3.25 bits per heavy atom. The van der Waals surface area contributed by atoms with Gasteiger partial charge in [-0.2, -0.15) is 5.26 Å². The lowest BCUT2D eigenvalue weighted by molar-refractivity contribution is 0.572. The standard InChI is InChI=1S/C9H10N2S/c10-5-6-1-2-7-4-9(11)12-8(7)3-6/h4,6H,1-3,11H2. The fraction of sp³-hybridized carbons (Fsp3) is 0.444. The van der Waals surface area contributed by atoms with E-state index in [0.717, 1.165) is 24.3 Å². The number of fused-ring (bicyclic) bond motifs is 1. The zero-order chi connectivity index (χ0) is 8.55. The largest absolute Gasteiger partial charge is 0.391 e. The average molecular weight is 178 g/mol. The molecule has 12 heavy (non-hydrogen) atoms. The van der Waals surface area contributed by atoms with Crippen molar-refractivity contribution in [3.05, 3.63) is 16.5 Å². The average Bonchev–Trinajstić information content (AvgIpc) is 2.43. The lowest BCUT2D eigenvalue weighted by atomic mass is 9.90. The summed E-state index contributed by atoms with van der Waals surface area (Å²) in [4.78, 5) is 1.32. The first-order valence-corrected chi connectivity index (χ1v) is 4.88. The summed E-state index contributed by atoms with van der Waals surface area (Å²) in [6.07, 6.45) is 2.94. The number of hydrogen-bond donors (Lipinski definition) is 1. The molecule has 0 aliphatic heterocycles. The highest BCUT2D eigenvalue weighted by Gasteiger charge is 2.19. The van der Waals surface area contributed by atoms with Crippen molar-refractivity contribution in [3.8, 4) is 6.07 Å². The van der Waals surface area contributed by atoms with Gasteiger partial charge in [0.2, 0.25) is 0 Å². The summed E-state index contributed by atoms with van der Waals surface area (Å²) in [5.41, 5.74) is 7.05. The van der Waals surface area contributed by atoms with E-state index in [1.165, 1.54) is 10.4 Å². The van der Waals surface area contributed by atoms with Crippen molar-refractivity contribution < 1.29 is 0 Å². The molecule has 1 unspecified atom stereocenters. The van der Waals surface area contributed by atoms with Gasteiger partial charge in [-0.15, -0.1) is 11.3 Å². The number of anilines is 1. The molecule has 0 saturated heterocycles. The maximum atomic E-state index is 8.75. The minimum absolute atomic E-state index is 0.218. The minimum Gasteiger partial charge on any atom is -0.391 e. The summed E-state index contributed by atoms with van der Waals surface area (Å²) in [5, 5.41) is 9.63. The van der Waals surface area contributed by atoms with E-state index in [1.807, 2.05) is 6.07 Å². The summed E-state index contributed by atoms with van der Waals surface area (Å²) in [7, 11) is 0. The third-order valence-corrected chi connectivity index (χ3v) is 3.32. The van der Waals surface area contributed by atoms with E-state index in [9.17, 15) is 0 Å². The Morgan fingerprint density at radius 2 is 2.50 bits per heavy atom. The molecule has 1 aromatic heterocycles. The Hall–Kier alpha value is -1.01. The Labute approximate surface area is 75.6 Å². The van der Waals surface area contributed by atoms with E-state index in [2.05, 4.69) is 6.07 Å². The van der Waals surface area contributed by atoms with E-state index in [1.54, 1.807) is 11.3 Å². The smallest absolute Gasteiger partial charge is 0.0862 e. The molecule has 0 radical (unpaired) electrons. The van der Waals surface area contributed by atoms with Gasteiger partial charge in [0, 0.05) is 4.88 Å². The van der Waals surface area contributed by atoms with Crippen molar-refractivity contribution in [2.24, 2.45) is 5.92 Å². The number of nitrogens with zero attached hydrogens (tertiary/aromatic N) is 1. The van der Waals surface area contributed by atoms with E-state index < -0.39 is 0 Å². The molecule has 62 valence electrons. The van der Waals surface area contributed by atoms with Gasteiger partial charge in [0.25, 0.3) is 0 Å². The van der Waals surface area contributed by atoms with Gasteiger partial charge in [0.1, 0.15) is 0 Å². The molecule has 1 heterocycles. The van der Waals surface area contributed by atoms with E-state index >= 15 is 0 Å². The van der Waals surface area contributed by atoms with Crippen LogP contribution in [0.5, 0.6) is 0 Å². The molecule has 1 aliphatic rings. The summed E-state index contributed by atoms with van der Waals surface area (Å²) in [6.45, 7) is 0. The second kappa shape index (κ2) is 2.80. The molecule has 0 amide bonds. The van der Waals surface area contributed by atoms with Gasteiger partial charge in [-0.3, -0.25) is 0 Å². The number of aryl methyl sites for hydroxylation is 1. The van der Waals surface area contributed by atoms with Crippen LogP contribution in [0.1, 0.15) is 16.9 Å². The summed E-state index contributed by atoms with van der Waals surface area (Å²) < 4.78 is 0. The molecule has 1 atom stereocenters. The lowest BCUT2D eigenvalue weighted by Crippen LogP contribution is -2.09. The topological polar surface area (TPSA) is 49.8 Å². The van der Waals surface area contributed by atoms with Crippen LogP contribution in [0.25, 0.3) is 0 Å². The maximum Gasteiger partial charge on any atom is 0.0862 e. The highest BCUT2D eigenvalue weighted by atomic mass is 32.1. The number of hydrogen-bond acceptors (Lipinski definition) is 3. The molecule has 0 saturated carbocycles. The molecule has 2 N–H and O–H groups in total. The van der Waals surface area contributed by atoms with Gasteiger partial charge >= 0.3 is 0 Å². The number of nitrogens with two attached hydrogens (primary N) is 1. The van der Waals surface area contributed by atoms with Crippen LogP contribution in [-0.4, -0.2) is 0 Å². The molecular formula is C9H10N2S. The Kier molecular flexibility index (Phi) is 1.78. The normalized spacial score (nSPS) is 21.4. The summed E-state index contributed by atoms with van der Waals surface area (Å²) in [6, 6.07) is 4.37. The van der Waals surface area contributed by atoms with Crippen LogP contribution in [0.2, 0.25) is 0 Å². The SMILES string of the molecule is N#CC1CCc2cc(N)sc2C1. The third kappa shape index (κ3) is 1.19. The number of rotatable bonds is 0. The van der Waals surface area contributed by atoms with E-state index in [0.29, 0.717) is 0 Å². The molecule has 3 heteroatoms. The van der Waals surface area contributed by atoms with Crippen LogP contribution in [0.4, 0.5) is 5.00 Å². The third-order valence-electron chi connectivity index (χ3n) is 2.29. The van der Waals surface area contributed by atoms with Crippen molar-refractivity contribution in [1.29, 1.82) is 5.26 Å². The van der Waals surface area contributed by atoms with Crippen molar-refractivity contribution in [3.63, 3.8) is 0 Å². The van der Waals surface area contributed by atoms with Crippen LogP contribution in [0.3, 0.4) is 0 Å². The van der Waals surface area contributed by atoms with E-state index in [4.69, 9.17) is 11.0 Å². The van der Waals surface area contributed by atoms with E-state index in [-0.39, 0.29) is 5.92 Å². The molecule has 0 spiro atoms. The van der Waals surface area contributed by atoms with Gasteiger partial charge < -0.3 is 5.73 Å². The number of nitriles is 1. The van der Waals surface area contributed by atoms with Gasteiger partial charge in [-0.1, -0.05) is 0 Å². The van der Waals surface area contributed by atoms with Gasteiger partial charge in [0.05, 0.1) is 17.0 Å². The van der Waals surface area contributed by atoms with Crippen LogP contribution in [0, 0.1) is 17.2 Å². The molecule has 0 bridgehead atoms. The Morgan fingerprint density at radius 1 is 1.67 bits per heavy atom. The molecule has 2 nitrogen and oxygen atoms in total. The molecule has 1 aliphatic carbocycles. The number of thiophene rings is 1. The minimum atomic E-state index is 0.218. The van der Waals surface area contributed by atoms with Crippen LogP contribution < -0.4 is 5.73 Å². The molecule has 1 aromatic rings. The van der Waals surface area contributed by atoms with Crippen molar-refractivity contribution >= 4 is 16.3 Å². The summed E-state index contributed by atoms with van der Waals surface area (Å²) >= 11 is 1.64. The predicted octanol–water partition coefficient (Wildman–Crippen LogP) is 1.96. The molecule has 0 aromatic carbocycles. The molecule has 0 fully saturated rings. The van der Waals surface area contributed by atoms with Crippen LogP contribution in [0.15, 0.2) is 6.07 Å². The van der Waals surface area contributed by atoms with Crippen molar-refractivity contribution in [2.45, 2.75) is 19.3 Å². The summed E-state index contributed by atoms with van der Waals surface area (Å²) in [5.74, 6) is 0.218. The lowest BCUT2D eigenvalue weighted by Gasteiger charge is -2.14. The fourth-order valence-corrected chi connectivity index (χ4v) is 2.70. The van der Waals surface area contributed by atoms with Crippen molar-refractivity contribution in [1.82, 2.24) is 0 Å². The van der Waals surface area contributed by atoms with Crippen molar-refractivity contribution in [2.75, 3.05) is 5.73 Å². The highest BCUT2D eigenvalue weighted by Crippen LogP contribution is 2.33. The maximum absolute atomic E-state index is 8.75. The quantitative estimate of drug-likeness (QED) is 0.660. The first-order valence-electron chi connectivity index (χ1n) is 4.06. The van der Waals surface area contributed by atoms with Gasteiger partial charge in [-0.25, -0.2) is 0 Å². The predicted molar refractivity (Wildman–Crippen MR) is 49.9 cm³/mol. The van der Waals surface area contributed by atoms with Crippen LogP contribution in [-0.2, 0) is 12.8 Å². The zero-order valence-corrected chi connectivity index (χ0v) is 7.53. The van der Waals surface area contributed by atoms with Crippen LogP contribution >= 0.6 is 11.3 Å². The monoisotopic (exact) mass is 178 g/mol. The second-order valence-electron chi connectivity index (χ2n) is 3.17. The first-order chi connectivity index (χ1) is 5.79. The Bertz CT molecular complexity index is 335. The number of nitrogen functional groups attached to an aromatic ring is 1. The molecule has 2 rings (SSSR count). The molecular weight excluding hydrogens is 168 g/mol. The van der Waals surface area contributed by atoms with Gasteiger partial charge in [0.15, 0.2) is 0 Å².